The molecule has 0 amide bonds. The van der Waals surface area contributed by atoms with Gasteiger partial charge >= 0.3 is 0 Å². The lowest BCUT2D eigenvalue weighted by atomic mass is 9.99. The van der Waals surface area contributed by atoms with Crippen LogP contribution >= 0.6 is 24.0 Å². The molecular weight excluding hydrogens is 451 g/mol. The topological polar surface area (TPSA) is 40.1 Å². The summed E-state index contributed by atoms with van der Waals surface area (Å²) < 4.78 is 5.76. The zero-order valence-electron chi connectivity index (χ0n) is 17.0. The van der Waals surface area contributed by atoms with Crippen LogP contribution < -0.4 is 5.32 Å². The van der Waals surface area contributed by atoms with Crippen molar-refractivity contribution in [1.29, 1.82) is 0 Å². The predicted molar refractivity (Wildman–Crippen MR) is 123 cm³/mol. The average molecular weight is 486 g/mol. The first-order chi connectivity index (χ1) is 12.7. The number of fused-ring (bicyclic) bond motifs is 1. The van der Waals surface area contributed by atoms with Crippen LogP contribution in [0.1, 0.15) is 37.8 Å². The van der Waals surface area contributed by atoms with E-state index in [4.69, 9.17) is 4.74 Å². The van der Waals surface area contributed by atoms with Crippen molar-refractivity contribution >= 4 is 29.9 Å². The number of benzene rings is 1. The lowest BCUT2D eigenvalue weighted by molar-refractivity contribution is 0.0263. The van der Waals surface area contributed by atoms with Crippen LogP contribution in [0.3, 0.4) is 0 Å². The lowest BCUT2D eigenvalue weighted by Gasteiger charge is -2.36. The summed E-state index contributed by atoms with van der Waals surface area (Å²) in [6.07, 6.45) is 3.75. The second-order valence-corrected chi connectivity index (χ2v) is 7.41. The number of halogens is 1. The number of guanidine groups is 1. The number of piperidine rings is 1. The summed E-state index contributed by atoms with van der Waals surface area (Å²) in [4.78, 5) is 9.45. The zero-order chi connectivity index (χ0) is 18.4. The Kier molecular flexibility index (Phi) is 9.32. The molecule has 2 heterocycles. The summed E-state index contributed by atoms with van der Waals surface area (Å²) in [5.41, 5.74) is 2.99. The molecule has 0 bridgehead atoms. The van der Waals surface area contributed by atoms with Crippen molar-refractivity contribution in [3.8, 4) is 0 Å². The van der Waals surface area contributed by atoms with Crippen LogP contribution in [-0.4, -0.2) is 67.7 Å². The van der Waals surface area contributed by atoms with Crippen molar-refractivity contribution in [2.45, 2.75) is 51.8 Å². The molecule has 5 nitrogen and oxygen atoms in total. The van der Waals surface area contributed by atoms with Crippen molar-refractivity contribution < 1.29 is 4.74 Å². The molecule has 2 aliphatic heterocycles. The number of ether oxygens (including phenoxy) is 1. The fourth-order valence-corrected chi connectivity index (χ4v) is 4.06. The monoisotopic (exact) mass is 486 g/mol. The molecule has 0 spiro atoms. The number of likely N-dealkylation sites (tertiary alicyclic amines) is 1. The fourth-order valence-electron chi connectivity index (χ4n) is 4.06. The minimum atomic E-state index is 0. The second-order valence-electron chi connectivity index (χ2n) is 7.41. The van der Waals surface area contributed by atoms with Gasteiger partial charge in [-0.25, -0.2) is 0 Å². The lowest BCUT2D eigenvalue weighted by Crippen LogP contribution is -2.50. The average Bonchev–Trinajstić information content (AvgIpc) is 2.69. The van der Waals surface area contributed by atoms with Crippen LogP contribution in [-0.2, 0) is 17.7 Å². The third kappa shape index (κ3) is 6.06. The van der Waals surface area contributed by atoms with E-state index in [1.807, 2.05) is 7.05 Å². The molecule has 0 saturated carbocycles. The molecule has 1 saturated heterocycles. The fraction of sp³-hybridized carbons (Fsp3) is 0.667. The number of hydrogen-bond acceptors (Lipinski definition) is 3. The number of aliphatic imine (C=N–C) groups is 1. The van der Waals surface area contributed by atoms with E-state index in [0.717, 1.165) is 64.6 Å². The summed E-state index contributed by atoms with van der Waals surface area (Å²) in [6.45, 7) is 10.4. The maximum absolute atomic E-state index is 5.76. The Balaban J connectivity index is 0.00000261. The molecule has 152 valence electrons. The number of rotatable bonds is 5. The third-order valence-electron chi connectivity index (χ3n) is 5.69. The zero-order valence-corrected chi connectivity index (χ0v) is 19.3. The largest absolute Gasteiger partial charge is 0.378 e. The molecule has 0 aliphatic carbocycles. The Hall–Kier alpha value is -0.860. The molecule has 2 aliphatic rings. The molecule has 0 radical (unpaired) electrons. The summed E-state index contributed by atoms with van der Waals surface area (Å²) in [6, 6.07) is 9.32. The standard InChI is InChI=1S/C21H34N4O.HI/c1-4-26-20-10-13-24(14-11-20)21(22-3)23-15-17(2)25-12-9-18-7-5-6-8-19(18)16-25;/h5-8,17,20H,4,9-16H2,1-3H3,(H,22,23);1H. The molecule has 1 unspecified atom stereocenters. The Morgan fingerprint density at radius 3 is 2.59 bits per heavy atom. The smallest absolute Gasteiger partial charge is 0.193 e. The Bertz CT molecular complexity index is 602. The molecule has 0 aromatic heterocycles. The van der Waals surface area contributed by atoms with Crippen LogP contribution in [0, 0.1) is 0 Å². The molecule has 3 rings (SSSR count). The van der Waals surface area contributed by atoms with E-state index in [9.17, 15) is 0 Å². The highest BCUT2D eigenvalue weighted by Crippen LogP contribution is 2.20. The molecular formula is C21H35IN4O. The SMILES string of the molecule is CCOC1CCN(C(=NC)NCC(C)N2CCc3ccccc3C2)CC1.I. The molecule has 1 atom stereocenters. The summed E-state index contributed by atoms with van der Waals surface area (Å²) in [5.74, 6) is 1.03. The molecule has 6 heteroatoms. The number of hydrogen-bond donors (Lipinski definition) is 1. The highest BCUT2D eigenvalue weighted by molar-refractivity contribution is 14.0. The van der Waals surface area contributed by atoms with Gasteiger partial charge in [-0.3, -0.25) is 9.89 Å². The highest BCUT2D eigenvalue weighted by atomic mass is 127. The van der Waals surface area contributed by atoms with Crippen molar-refractivity contribution in [3.63, 3.8) is 0 Å². The third-order valence-corrected chi connectivity index (χ3v) is 5.69. The van der Waals surface area contributed by atoms with E-state index < -0.39 is 0 Å². The van der Waals surface area contributed by atoms with Crippen LogP contribution in [0.5, 0.6) is 0 Å². The van der Waals surface area contributed by atoms with Gasteiger partial charge in [0.05, 0.1) is 6.10 Å². The van der Waals surface area contributed by atoms with Gasteiger partial charge in [0.25, 0.3) is 0 Å². The Morgan fingerprint density at radius 1 is 1.22 bits per heavy atom. The van der Waals surface area contributed by atoms with Gasteiger partial charge in [0.15, 0.2) is 5.96 Å². The van der Waals surface area contributed by atoms with Gasteiger partial charge in [0.1, 0.15) is 0 Å². The van der Waals surface area contributed by atoms with E-state index >= 15 is 0 Å². The second kappa shape index (κ2) is 11.2. The number of nitrogens with one attached hydrogen (secondary N) is 1. The molecule has 1 fully saturated rings. The van der Waals surface area contributed by atoms with Crippen LogP contribution in [0.2, 0.25) is 0 Å². The van der Waals surface area contributed by atoms with Crippen LogP contribution in [0.4, 0.5) is 0 Å². The molecule has 1 aromatic rings. The van der Waals surface area contributed by atoms with Gasteiger partial charge in [-0.15, -0.1) is 24.0 Å². The minimum absolute atomic E-state index is 0. The predicted octanol–water partition coefficient (Wildman–Crippen LogP) is 3.13. The van der Waals surface area contributed by atoms with Crippen molar-refractivity contribution in [1.82, 2.24) is 15.1 Å². The Morgan fingerprint density at radius 2 is 1.93 bits per heavy atom. The summed E-state index contributed by atoms with van der Waals surface area (Å²) in [7, 11) is 1.89. The first kappa shape index (κ1) is 22.4. The molecule has 1 N–H and O–H groups in total. The normalized spacial score (nSPS) is 20.0. The van der Waals surface area contributed by atoms with Crippen molar-refractivity contribution in [2.75, 3.05) is 39.8 Å². The first-order valence-electron chi connectivity index (χ1n) is 10.1. The summed E-state index contributed by atoms with van der Waals surface area (Å²) >= 11 is 0. The molecule has 1 aromatic carbocycles. The van der Waals surface area contributed by atoms with Gasteiger partial charge in [0.2, 0.25) is 0 Å². The summed E-state index contributed by atoms with van der Waals surface area (Å²) in [5, 5.41) is 3.60. The van der Waals surface area contributed by atoms with Gasteiger partial charge in [-0.05, 0) is 44.2 Å². The van der Waals surface area contributed by atoms with Gasteiger partial charge in [0, 0.05) is 52.4 Å². The molecule has 27 heavy (non-hydrogen) atoms. The van der Waals surface area contributed by atoms with E-state index in [1.165, 1.54) is 11.1 Å². The van der Waals surface area contributed by atoms with Gasteiger partial charge in [-0.1, -0.05) is 24.3 Å². The van der Waals surface area contributed by atoms with Gasteiger partial charge in [-0.2, -0.15) is 0 Å². The van der Waals surface area contributed by atoms with Crippen LogP contribution in [0.15, 0.2) is 29.3 Å². The Labute approximate surface area is 181 Å². The quantitative estimate of drug-likeness (QED) is 0.395. The van der Waals surface area contributed by atoms with E-state index in [2.05, 4.69) is 58.2 Å². The maximum Gasteiger partial charge on any atom is 0.193 e. The van der Waals surface area contributed by atoms with E-state index in [1.54, 1.807) is 0 Å². The van der Waals surface area contributed by atoms with E-state index in [-0.39, 0.29) is 24.0 Å². The van der Waals surface area contributed by atoms with Crippen molar-refractivity contribution in [3.05, 3.63) is 35.4 Å². The van der Waals surface area contributed by atoms with E-state index in [0.29, 0.717) is 12.1 Å². The maximum atomic E-state index is 5.76. The highest BCUT2D eigenvalue weighted by Gasteiger charge is 2.23. The van der Waals surface area contributed by atoms with Gasteiger partial charge < -0.3 is 15.0 Å². The van der Waals surface area contributed by atoms with Crippen molar-refractivity contribution in [2.24, 2.45) is 4.99 Å². The first-order valence-corrected chi connectivity index (χ1v) is 10.1. The minimum Gasteiger partial charge on any atom is -0.378 e. The van der Waals surface area contributed by atoms with Crippen LogP contribution in [0.25, 0.3) is 0 Å². The number of nitrogens with zero attached hydrogens (tertiary/aromatic N) is 3.